The molecule has 0 unspecified atom stereocenters. The molecular formula is C16H19N3O4. The number of nitrogens with zero attached hydrogens (tertiary/aromatic N) is 2. The van der Waals surface area contributed by atoms with Gasteiger partial charge >= 0.3 is 5.97 Å². The number of carboxylic acids is 1. The molecule has 0 aliphatic rings. The molecule has 0 fully saturated rings. The van der Waals surface area contributed by atoms with Gasteiger partial charge in [0, 0.05) is 12.6 Å². The van der Waals surface area contributed by atoms with Gasteiger partial charge in [-0.2, -0.15) is 5.10 Å². The summed E-state index contributed by atoms with van der Waals surface area (Å²) in [6.45, 7) is 2.93. The second kappa shape index (κ2) is 6.12. The number of H-pyrrole nitrogens is 1. The zero-order valence-electron chi connectivity index (χ0n) is 13.5. The third kappa shape index (κ3) is 3.18. The van der Waals surface area contributed by atoms with Gasteiger partial charge in [0.05, 0.1) is 12.8 Å². The quantitative estimate of drug-likeness (QED) is 0.879. The van der Waals surface area contributed by atoms with Crippen molar-refractivity contribution in [3.05, 3.63) is 36.0 Å². The van der Waals surface area contributed by atoms with E-state index in [1.807, 2.05) is 12.1 Å². The number of nitrogens with one attached hydrogen (secondary N) is 1. The molecule has 1 aromatic carbocycles. The third-order valence-corrected chi connectivity index (χ3v) is 3.86. The van der Waals surface area contributed by atoms with Crippen molar-refractivity contribution in [3.63, 3.8) is 0 Å². The lowest BCUT2D eigenvalue weighted by atomic mass is 10.0. The van der Waals surface area contributed by atoms with Gasteiger partial charge in [0.15, 0.2) is 0 Å². The second-order valence-electron chi connectivity index (χ2n) is 5.62. The first-order valence-corrected chi connectivity index (χ1v) is 6.98. The predicted molar refractivity (Wildman–Crippen MR) is 84.4 cm³/mol. The van der Waals surface area contributed by atoms with Gasteiger partial charge in [-0.25, -0.2) is 4.79 Å². The van der Waals surface area contributed by atoms with Crippen molar-refractivity contribution in [2.45, 2.75) is 19.4 Å². The van der Waals surface area contributed by atoms with Crippen molar-refractivity contribution in [2.24, 2.45) is 0 Å². The molecule has 0 saturated carbocycles. The number of benzene rings is 1. The molecule has 0 atom stereocenters. The van der Waals surface area contributed by atoms with Crippen LogP contribution in [-0.4, -0.2) is 51.8 Å². The number of aliphatic carboxylic acids is 1. The van der Waals surface area contributed by atoms with Crippen molar-refractivity contribution in [1.29, 1.82) is 0 Å². The van der Waals surface area contributed by atoms with Crippen LogP contribution in [0, 0.1) is 0 Å². The molecule has 0 aliphatic carbocycles. The van der Waals surface area contributed by atoms with E-state index >= 15 is 0 Å². The number of carbonyl (C=O) groups excluding carboxylic acids is 1. The van der Waals surface area contributed by atoms with Crippen LogP contribution in [0.1, 0.15) is 24.3 Å². The summed E-state index contributed by atoms with van der Waals surface area (Å²) in [6, 6.07) is 8.84. The number of rotatable bonds is 5. The van der Waals surface area contributed by atoms with Crippen LogP contribution >= 0.6 is 0 Å². The number of hydrogen-bond donors (Lipinski definition) is 2. The largest absolute Gasteiger partial charge is 0.497 e. The minimum Gasteiger partial charge on any atom is -0.497 e. The maximum atomic E-state index is 12.4. The molecule has 2 aromatic rings. The smallest absolute Gasteiger partial charge is 0.329 e. The summed E-state index contributed by atoms with van der Waals surface area (Å²) in [5.74, 6) is -0.795. The summed E-state index contributed by atoms with van der Waals surface area (Å²) in [5.41, 5.74) is 0.328. The number of hydrogen-bond acceptors (Lipinski definition) is 4. The standard InChI is InChI=1S/C16H19N3O4/c1-16(2,15(21)22)19(3)14(20)13-9-12(17-18-13)10-5-7-11(23-4)8-6-10/h5-9H,1-4H3,(H,17,18)(H,21,22). The van der Waals surface area contributed by atoms with E-state index in [-0.39, 0.29) is 5.69 Å². The van der Waals surface area contributed by atoms with E-state index in [1.54, 1.807) is 25.3 Å². The Morgan fingerprint density at radius 2 is 1.87 bits per heavy atom. The number of aromatic nitrogens is 2. The van der Waals surface area contributed by atoms with E-state index in [9.17, 15) is 14.7 Å². The number of methoxy groups -OCH3 is 1. The Hall–Kier alpha value is -2.83. The van der Waals surface area contributed by atoms with Crippen molar-refractivity contribution < 1.29 is 19.4 Å². The Balaban J connectivity index is 2.24. The molecule has 0 saturated heterocycles. The van der Waals surface area contributed by atoms with Crippen molar-refractivity contribution in [2.75, 3.05) is 14.2 Å². The highest BCUT2D eigenvalue weighted by molar-refractivity contribution is 5.96. The van der Waals surface area contributed by atoms with Gasteiger partial charge in [-0.15, -0.1) is 0 Å². The van der Waals surface area contributed by atoms with E-state index in [0.717, 1.165) is 11.3 Å². The van der Waals surface area contributed by atoms with E-state index in [2.05, 4.69) is 10.2 Å². The van der Waals surface area contributed by atoms with Crippen molar-refractivity contribution >= 4 is 11.9 Å². The summed E-state index contributed by atoms with van der Waals surface area (Å²) in [4.78, 5) is 24.8. The number of carboxylic acid groups (broad SMARTS) is 1. The van der Waals surface area contributed by atoms with E-state index in [4.69, 9.17) is 4.74 Å². The summed E-state index contributed by atoms with van der Waals surface area (Å²) >= 11 is 0. The van der Waals surface area contributed by atoms with Crippen LogP contribution in [0.4, 0.5) is 0 Å². The molecule has 2 N–H and O–H groups in total. The first kappa shape index (κ1) is 16.5. The maximum absolute atomic E-state index is 12.4. The Kier molecular flexibility index (Phi) is 4.40. The second-order valence-corrected chi connectivity index (χ2v) is 5.62. The SMILES string of the molecule is COc1ccc(-c2cc(C(=O)N(C)C(C)(C)C(=O)O)[nH]n2)cc1. The van der Waals surface area contributed by atoms with Gasteiger partial charge in [-0.05, 0) is 44.2 Å². The van der Waals surface area contributed by atoms with E-state index in [1.165, 1.54) is 25.8 Å². The minimum atomic E-state index is -1.32. The van der Waals surface area contributed by atoms with Crippen LogP contribution in [0.25, 0.3) is 11.3 Å². The highest BCUT2D eigenvalue weighted by atomic mass is 16.5. The minimum absolute atomic E-state index is 0.229. The topological polar surface area (TPSA) is 95.5 Å². The average Bonchev–Trinajstić information content (AvgIpc) is 3.03. The molecule has 0 radical (unpaired) electrons. The van der Waals surface area contributed by atoms with Gasteiger partial charge in [-0.1, -0.05) is 0 Å². The van der Waals surface area contributed by atoms with Crippen LogP contribution in [0.2, 0.25) is 0 Å². The molecule has 23 heavy (non-hydrogen) atoms. The summed E-state index contributed by atoms with van der Waals surface area (Å²) in [6.07, 6.45) is 0. The Morgan fingerprint density at radius 1 is 1.26 bits per heavy atom. The fraction of sp³-hybridized carbons (Fsp3) is 0.312. The lowest BCUT2D eigenvalue weighted by Gasteiger charge is -2.30. The summed E-state index contributed by atoms with van der Waals surface area (Å²) < 4.78 is 5.10. The summed E-state index contributed by atoms with van der Waals surface area (Å²) in [5, 5.41) is 16.0. The molecule has 7 heteroatoms. The molecule has 1 heterocycles. The molecule has 1 aromatic heterocycles. The zero-order valence-corrected chi connectivity index (χ0v) is 13.5. The van der Waals surface area contributed by atoms with Gasteiger partial charge in [0.2, 0.25) is 0 Å². The number of ether oxygens (including phenoxy) is 1. The highest BCUT2D eigenvalue weighted by Crippen LogP contribution is 2.22. The highest BCUT2D eigenvalue weighted by Gasteiger charge is 2.36. The summed E-state index contributed by atoms with van der Waals surface area (Å²) in [7, 11) is 3.03. The Morgan fingerprint density at radius 3 is 2.39 bits per heavy atom. The van der Waals surface area contributed by atoms with Crippen molar-refractivity contribution in [1.82, 2.24) is 15.1 Å². The molecule has 122 valence electrons. The normalized spacial score (nSPS) is 11.1. The van der Waals surface area contributed by atoms with Crippen molar-refractivity contribution in [3.8, 4) is 17.0 Å². The van der Waals surface area contributed by atoms with Crippen LogP contribution in [-0.2, 0) is 4.79 Å². The number of amides is 1. The van der Waals surface area contributed by atoms with Gasteiger partial charge in [-0.3, -0.25) is 9.89 Å². The molecular weight excluding hydrogens is 298 g/mol. The van der Waals surface area contributed by atoms with Gasteiger partial charge in [0.1, 0.15) is 17.0 Å². The Bertz CT molecular complexity index is 719. The lowest BCUT2D eigenvalue weighted by Crippen LogP contribution is -2.50. The molecule has 1 amide bonds. The average molecular weight is 317 g/mol. The van der Waals surface area contributed by atoms with Crippen LogP contribution in [0.3, 0.4) is 0 Å². The van der Waals surface area contributed by atoms with Crippen LogP contribution < -0.4 is 4.74 Å². The number of aromatic amines is 1. The maximum Gasteiger partial charge on any atom is 0.329 e. The molecule has 2 rings (SSSR count). The van der Waals surface area contributed by atoms with Gasteiger partial charge < -0.3 is 14.7 Å². The van der Waals surface area contributed by atoms with Crippen LogP contribution in [0.5, 0.6) is 5.75 Å². The van der Waals surface area contributed by atoms with E-state index in [0.29, 0.717) is 5.69 Å². The molecule has 0 bridgehead atoms. The molecule has 7 nitrogen and oxygen atoms in total. The Labute approximate surface area is 133 Å². The predicted octanol–water partition coefficient (Wildman–Crippen LogP) is 2.02. The van der Waals surface area contributed by atoms with Gasteiger partial charge in [0.25, 0.3) is 5.91 Å². The monoisotopic (exact) mass is 317 g/mol. The fourth-order valence-corrected chi connectivity index (χ4v) is 1.92. The number of carbonyl (C=O) groups is 2. The molecule has 0 spiro atoms. The first-order chi connectivity index (χ1) is 10.8. The third-order valence-electron chi connectivity index (χ3n) is 3.86. The number of likely N-dealkylation sites (N-methyl/N-ethyl adjacent to an activating group) is 1. The molecule has 0 aliphatic heterocycles. The van der Waals surface area contributed by atoms with Crippen LogP contribution in [0.15, 0.2) is 30.3 Å². The fourth-order valence-electron chi connectivity index (χ4n) is 1.92. The zero-order chi connectivity index (χ0) is 17.2. The van der Waals surface area contributed by atoms with E-state index < -0.39 is 17.4 Å². The lowest BCUT2D eigenvalue weighted by molar-refractivity contribution is -0.147. The first-order valence-electron chi connectivity index (χ1n) is 6.98.